The van der Waals surface area contributed by atoms with Gasteiger partial charge in [0, 0.05) is 25.0 Å². The number of carbonyl (C=O) groups excluding carboxylic acids is 3. The summed E-state index contributed by atoms with van der Waals surface area (Å²) in [5.74, 6) is -4.67. The molecule has 0 aromatic heterocycles. The van der Waals surface area contributed by atoms with Gasteiger partial charge in [-0.25, -0.2) is 9.59 Å². The van der Waals surface area contributed by atoms with E-state index in [9.17, 15) is 45.0 Å². The number of phenolic OH excluding ortho intramolecular Hbond substituents is 4. The molecule has 0 saturated heterocycles. The number of phenols is 4. The predicted molar refractivity (Wildman–Crippen MR) is 127 cm³/mol. The van der Waals surface area contributed by atoms with Crippen LogP contribution in [-0.2, 0) is 23.9 Å². The van der Waals surface area contributed by atoms with E-state index in [2.05, 4.69) is 0 Å². The van der Waals surface area contributed by atoms with Gasteiger partial charge >= 0.3 is 11.9 Å². The Morgan fingerprint density at radius 2 is 1.19 bits per heavy atom. The molecule has 8 N–H and O–H groups in total. The minimum absolute atomic E-state index is 0.339. The van der Waals surface area contributed by atoms with E-state index in [0.717, 1.165) is 12.2 Å². The number of amides is 1. The highest BCUT2D eigenvalue weighted by molar-refractivity contribution is 5.88. The Labute approximate surface area is 210 Å². The Morgan fingerprint density at radius 1 is 0.784 bits per heavy atom. The smallest absolute Gasteiger partial charge is 0.331 e. The molecule has 0 spiro atoms. The fraction of sp³-hybridized carbons (Fsp3) is 0.240. The van der Waals surface area contributed by atoms with Gasteiger partial charge in [0.25, 0.3) is 0 Å². The van der Waals surface area contributed by atoms with E-state index in [-0.39, 0.29) is 11.5 Å². The number of benzene rings is 2. The topological polar surface area (TPSA) is 217 Å². The molecule has 12 nitrogen and oxygen atoms in total. The molecule has 3 rings (SSSR count). The van der Waals surface area contributed by atoms with Crippen molar-refractivity contribution in [2.75, 3.05) is 0 Å². The van der Waals surface area contributed by atoms with E-state index >= 15 is 0 Å². The number of hydrogen-bond donors (Lipinski definition) is 7. The molecule has 37 heavy (non-hydrogen) atoms. The van der Waals surface area contributed by atoms with Crippen molar-refractivity contribution in [2.45, 2.75) is 36.8 Å². The number of esters is 2. The summed E-state index contributed by atoms with van der Waals surface area (Å²) in [6, 6.07) is 7.59. The van der Waals surface area contributed by atoms with Crippen LogP contribution < -0.4 is 5.73 Å². The minimum atomic E-state index is -2.26. The maximum atomic E-state index is 12.3. The first-order valence-corrected chi connectivity index (χ1v) is 10.9. The van der Waals surface area contributed by atoms with Crippen molar-refractivity contribution in [1.29, 1.82) is 0 Å². The van der Waals surface area contributed by atoms with Crippen LogP contribution in [0, 0.1) is 0 Å². The standard InChI is InChI=1S/C25H25NO11/c26-24(34)25(35)11-19(36-21(31)7-3-13-1-5-15(27)17(29)9-13)23(33)20(12-25)37-22(32)8-4-14-2-6-16(28)18(30)10-14/h1-10,19-20,23,27-30,33,35H,11-12H2,(H2,26,34)/b7-3+,8-4+/t19-,20-,23?,25?/m1/s1. The third kappa shape index (κ3) is 6.78. The first-order chi connectivity index (χ1) is 17.4. The number of ether oxygens (including phenoxy) is 2. The number of aliphatic hydroxyl groups excluding tert-OH is 1. The van der Waals surface area contributed by atoms with Crippen molar-refractivity contribution in [3.8, 4) is 23.0 Å². The number of carbonyl (C=O) groups is 3. The van der Waals surface area contributed by atoms with Gasteiger partial charge in [-0.2, -0.15) is 0 Å². The minimum Gasteiger partial charge on any atom is -0.504 e. The maximum absolute atomic E-state index is 12.3. The van der Waals surface area contributed by atoms with Crippen molar-refractivity contribution >= 4 is 30.0 Å². The van der Waals surface area contributed by atoms with E-state index in [1.807, 2.05) is 0 Å². The van der Waals surface area contributed by atoms with Gasteiger partial charge in [0.15, 0.2) is 23.0 Å². The fourth-order valence-corrected chi connectivity index (χ4v) is 3.65. The Balaban J connectivity index is 1.71. The zero-order valence-corrected chi connectivity index (χ0v) is 19.2. The highest BCUT2D eigenvalue weighted by atomic mass is 16.6. The quantitative estimate of drug-likeness (QED) is 0.152. The number of primary amides is 1. The lowest BCUT2D eigenvalue weighted by Gasteiger charge is -2.41. The van der Waals surface area contributed by atoms with Crippen LogP contribution in [0.25, 0.3) is 12.2 Å². The molecule has 12 heteroatoms. The molecule has 0 heterocycles. The van der Waals surface area contributed by atoms with E-state index < -0.39 is 66.1 Å². The van der Waals surface area contributed by atoms with Crippen molar-refractivity contribution in [1.82, 2.24) is 0 Å². The molecular formula is C25H25NO11. The molecule has 2 aromatic rings. The van der Waals surface area contributed by atoms with Gasteiger partial charge in [0.1, 0.15) is 23.9 Å². The summed E-state index contributed by atoms with van der Waals surface area (Å²) in [7, 11) is 0. The summed E-state index contributed by atoms with van der Waals surface area (Å²) in [6.45, 7) is 0. The molecule has 1 aliphatic carbocycles. The molecule has 0 bridgehead atoms. The van der Waals surface area contributed by atoms with E-state index in [1.54, 1.807) is 0 Å². The van der Waals surface area contributed by atoms with Crippen LogP contribution in [0.15, 0.2) is 48.6 Å². The third-order valence-electron chi connectivity index (χ3n) is 5.66. The molecule has 2 aromatic carbocycles. The van der Waals surface area contributed by atoms with Gasteiger partial charge in [0.2, 0.25) is 5.91 Å². The van der Waals surface area contributed by atoms with E-state index in [4.69, 9.17) is 15.2 Å². The molecular weight excluding hydrogens is 490 g/mol. The SMILES string of the molecule is NC(=O)C1(O)C[C@@H](OC(=O)/C=C/c2ccc(O)c(O)c2)C(O)[C@H](OC(=O)/C=C/c2ccc(O)c(O)c2)C1. The van der Waals surface area contributed by atoms with Crippen LogP contribution in [0.2, 0.25) is 0 Å². The monoisotopic (exact) mass is 515 g/mol. The van der Waals surface area contributed by atoms with Gasteiger partial charge in [-0.1, -0.05) is 12.1 Å². The lowest BCUT2D eigenvalue weighted by atomic mass is 9.79. The maximum Gasteiger partial charge on any atom is 0.331 e. The summed E-state index contributed by atoms with van der Waals surface area (Å²) < 4.78 is 10.3. The van der Waals surface area contributed by atoms with Gasteiger partial charge in [0.05, 0.1) is 0 Å². The van der Waals surface area contributed by atoms with Crippen molar-refractivity contribution in [2.24, 2.45) is 5.73 Å². The predicted octanol–water partition coefficient (Wildman–Crippen LogP) is 0.430. The van der Waals surface area contributed by atoms with Crippen LogP contribution >= 0.6 is 0 Å². The van der Waals surface area contributed by atoms with Gasteiger partial charge in [-0.3, -0.25) is 4.79 Å². The van der Waals surface area contributed by atoms with Crippen molar-refractivity contribution in [3.05, 3.63) is 59.7 Å². The molecule has 2 atom stereocenters. The average Bonchev–Trinajstić information content (AvgIpc) is 2.83. The number of nitrogens with two attached hydrogens (primary N) is 1. The zero-order valence-electron chi connectivity index (χ0n) is 19.2. The number of rotatable bonds is 7. The van der Waals surface area contributed by atoms with Gasteiger partial charge in [-0.05, 0) is 47.5 Å². The second-order valence-electron chi connectivity index (χ2n) is 8.41. The molecule has 1 aliphatic rings. The third-order valence-corrected chi connectivity index (χ3v) is 5.66. The Hall–Kier alpha value is -4.55. The first-order valence-electron chi connectivity index (χ1n) is 10.9. The summed E-state index contributed by atoms with van der Waals surface area (Å²) in [6.07, 6.45) is -1.29. The van der Waals surface area contributed by atoms with Crippen molar-refractivity contribution < 1.29 is 54.5 Å². The van der Waals surface area contributed by atoms with Gasteiger partial charge in [-0.15, -0.1) is 0 Å². The largest absolute Gasteiger partial charge is 0.504 e. The number of aliphatic hydroxyl groups is 2. The summed E-state index contributed by atoms with van der Waals surface area (Å²) in [5.41, 5.74) is 3.71. The van der Waals surface area contributed by atoms with E-state index in [0.29, 0.717) is 11.1 Å². The highest BCUT2D eigenvalue weighted by Gasteiger charge is 2.51. The number of hydrogen-bond acceptors (Lipinski definition) is 11. The fourth-order valence-electron chi connectivity index (χ4n) is 3.65. The lowest BCUT2D eigenvalue weighted by molar-refractivity contribution is -0.195. The second-order valence-corrected chi connectivity index (χ2v) is 8.41. The molecule has 196 valence electrons. The molecule has 1 saturated carbocycles. The first kappa shape index (κ1) is 27.0. The number of aromatic hydroxyl groups is 4. The summed E-state index contributed by atoms with van der Waals surface area (Å²) >= 11 is 0. The normalized spacial score (nSPS) is 23.7. The van der Waals surface area contributed by atoms with Crippen LogP contribution in [0.3, 0.4) is 0 Å². The second kappa shape index (κ2) is 11.0. The molecule has 1 fully saturated rings. The van der Waals surface area contributed by atoms with Gasteiger partial charge < -0.3 is 45.8 Å². The Bertz CT molecular complexity index is 1170. The summed E-state index contributed by atoms with van der Waals surface area (Å²) in [4.78, 5) is 36.5. The van der Waals surface area contributed by atoms with E-state index in [1.165, 1.54) is 48.6 Å². The Kier molecular flexibility index (Phi) is 8.05. The van der Waals surface area contributed by atoms with Crippen LogP contribution in [0.4, 0.5) is 0 Å². The molecule has 1 amide bonds. The Morgan fingerprint density at radius 3 is 1.54 bits per heavy atom. The molecule has 0 radical (unpaired) electrons. The van der Waals surface area contributed by atoms with Crippen molar-refractivity contribution in [3.63, 3.8) is 0 Å². The average molecular weight is 515 g/mol. The highest BCUT2D eigenvalue weighted by Crippen LogP contribution is 2.33. The molecule has 0 aliphatic heterocycles. The lowest BCUT2D eigenvalue weighted by Crippen LogP contribution is -2.59. The molecule has 0 unspecified atom stereocenters. The van der Waals surface area contributed by atoms with Crippen LogP contribution in [0.5, 0.6) is 23.0 Å². The van der Waals surface area contributed by atoms with Crippen LogP contribution in [0.1, 0.15) is 24.0 Å². The van der Waals surface area contributed by atoms with Crippen LogP contribution in [-0.4, -0.2) is 72.4 Å². The summed E-state index contributed by atoms with van der Waals surface area (Å²) in [5, 5.41) is 59.1. The zero-order chi connectivity index (χ0) is 27.3.